The number of piperazine rings is 1. The first kappa shape index (κ1) is 22.1. The molecule has 0 saturated carbocycles. The highest BCUT2D eigenvalue weighted by atomic mass is 127. The van der Waals surface area contributed by atoms with Crippen LogP contribution in [-0.4, -0.2) is 67.5 Å². The maximum absolute atomic E-state index is 12.4. The second-order valence-corrected chi connectivity index (χ2v) is 7.62. The number of aliphatic imine (C=N–C) groups is 1. The molecule has 8 heteroatoms. The van der Waals surface area contributed by atoms with Crippen molar-refractivity contribution in [1.29, 1.82) is 0 Å². The third-order valence-corrected chi connectivity index (χ3v) is 5.56. The van der Waals surface area contributed by atoms with Crippen LogP contribution in [0.15, 0.2) is 29.3 Å². The molecule has 1 aromatic rings. The molecule has 2 fully saturated rings. The maximum atomic E-state index is 12.4. The number of likely N-dealkylation sites (tertiary alicyclic amines) is 1. The lowest BCUT2D eigenvalue weighted by molar-refractivity contribution is -0.129. The van der Waals surface area contributed by atoms with Crippen LogP contribution in [0.25, 0.3) is 0 Å². The summed E-state index contributed by atoms with van der Waals surface area (Å²) < 4.78 is 0. The van der Waals surface area contributed by atoms with Crippen LogP contribution in [0.3, 0.4) is 0 Å². The fourth-order valence-corrected chi connectivity index (χ4v) is 3.58. The Kier molecular flexibility index (Phi) is 8.47. The molecule has 1 amide bonds. The van der Waals surface area contributed by atoms with Gasteiger partial charge in [-0.15, -0.1) is 24.0 Å². The molecule has 0 aliphatic carbocycles. The van der Waals surface area contributed by atoms with Crippen LogP contribution in [0.2, 0.25) is 5.02 Å². The number of benzene rings is 1. The van der Waals surface area contributed by atoms with Crippen LogP contribution in [0.5, 0.6) is 0 Å². The molecule has 0 aromatic heterocycles. The van der Waals surface area contributed by atoms with Gasteiger partial charge in [-0.05, 0) is 43.0 Å². The van der Waals surface area contributed by atoms with E-state index in [4.69, 9.17) is 17.3 Å². The van der Waals surface area contributed by atoms with Gasteiger partial charge in [-0.3, -0.25) is 4.79 Å². The van der Waals surface area contributed by atoms with Crippen molar-refractivity contribution in [2.45, 2.75) is 19.8 Å². The highest BCUT2D eigenvalue weighted by Gasteiger charge is 2.22. The molecule has 0 radical (unpaired) electrons. The number of carbonyl (C=O) groups excluding carboxylic acids is 1. The van der Waals surface area contributed by atoms with Crippen LogP contribution in [-0.2, 0) is 4.79 Å². The summed E-state index contributed by atoms with van der Waals surface area (Å²) >= 11 is 5.94. The van der Waals surface area contributed by atoms with Crippen molar-refractivity contribution in [1.82, 2.24) is 9.80 Å². The number of anilines is 1. The van der Waals surface area contributed by atoms with Crippen molar-refractivity contribution in [2.24, 2.45) is 16.6 Å². The number of rotatable bonds is 3. The van der Waals surface area contributed by atoms with Crippen LogP contribution in [0, 0.1) is 5.92 Å². The lowest BCUT2D eigenvalue weighted by atomic mass is 10.00. The number of carbonyl (C=O) groups is 1. The first-order valence-electron chi connectivity index (χ1n) is 9.36. The van der Waals surface area contributed by atoms with Gasteiger partial charge in [-0.25, -0.2) is 4.99 Å². The number of hydrogen-bond acceptors (Lipinski definition) is 3. The van der Waals surface area contributed by atoms with E-state index in [0.29, 0.717) is 19.0 Å². The Morgan fingerprint density at radius 3 is 2.26 bits per heavy atom. The Bertz CT molecular complexity index is 638. The van der Waals surface area contributed by atoms with E-state index in [2.05, 4.69) is 21.7 Å². The zero-order valence-corrected chi connectivity index (χ0v) is 18.9. The summed E-state index contributed by atoms with van der Waals surface area (Å²) in [6, 6.07) is 7.83. The highest BCUT2D eigenvalue weighted by Crippen LogP contribution is 2.19. The van der Waals surface area contributed by atoms with Gasteiger partial charge in [0.25, 0.3) is 0 Å². The van der Waals surface area contributed by atoms with Gasteiger partial charge in [-0.1, -0.05) is 18.5 Å². The summed E-state index contributed by atoms with van der Waals surface area (Å²) in [5.41, 5.74) is 7.21. The Hall–Kier alpha value is -1.22. The Balaban J connectivity index is 0.00000261. The lowest BCUT2D eigenvalue weighted by Crippen LogP contribution is -2.49. The second kappa shape index (κ2) is 10.4. The number of nitrogens with two attached hydrogens (primary N) is 1. The smallest absolute Gasteiger partial charge is 0.244 e. The van der Waals surface area contributed by atoms with E-state index >= 15 is 0 Å². The van der Waals surface area contributed by atoms with E-state index in [1.165, 1.54) is 0 Å². The van der Waals surface area contributed by atoms with E-state index in [1.807, 2.05) is 29.2 Å². The molecule has 6 nitrogen and oxygen atoms in total. The molecule has 27 heavy (non-hydrogen) atoms. The Labute approximate surface area is 183 Å². The number of nitrogens with zero attached hydrogens (tertiary/aromatic N) is 4. The third-order valence-electron chi connectivity index (χ3n) is 5.31. The topological polar surface area (TPSA) is 65.2 Å². The zero-order chi connectivity index (χ0) is 18.5. The summed E-state index contributed by atoms with van der Waals surface area (Å²) in [7, 11) is 0. The molecule has 3 rings (SSSR count). The van der Waals surface area contributed by atoms with Crippen molar-refractivity contribution in [3.05, 3.63) is 29.3 Å². The molecule has 0 atom stereocenters. The van der Waals surface area contributed by atoms with Gasteiger partial charge in [0.2, 0.25) is 5.91 Å². The normalized spacial score (nSPS) is 19.0. The van der Waals surface area contributed by atoms with Crippen molar-refractivity contribution < 1.29 is 4.79 Å². The first-order valence-corrected chi connectivity index (χ1v) is 9.74. The summed E-state index contributed by atoms with van der Waals surface area (Å²) in [6.45, 7) is 7.31. The minimum absolute atomic E-state index is 0. The zero-order valence-electron chi connectivity index (χ0n) is 15.8. The molecule has 1 aromatic carbocycles. The summed E-state index contributed by atoms with van der Waals surface area (Å²) in [4.78, 5) is 23.0. The van der Waals surface area contributed by atoms with Gasteiger partial charge in [0.05, 0.1) is 0 Å². The molecule has 0 bridgehead atoms. The molecule has 2 N–H and O–H groups in total. The number of hydrogen-bond donors (Lipinski definition) is 1. The van der Waals surface area contributed by atoms with Crippen molar-refractivity contribution in [3.8, 4) is 0 Å². The Morgan fingerprint density at radius 1 is 1.07 bits per heavy atom. The van der Waals surface area contributed by atoms with E-state index in [-0.39, 0.29) is 36.4 Å². The van der Waals surface area contributed by atoms with Crippen molar-refractivity contribution >= 4 is 53.1 Å². The largest absolute Gasteiger partial charge is 0.370 e. The summed E-state index contributed by atoms with van der Waals surface area (Å²) in [5, 5.41) is 0.737. The number of piperidine rings is 1. The minimum Gasteiger partial charge on any atom is -0.370 e. The standard InChI is InChI=1S/C19H28ClN5O.HI/c1-15-6-8-25(9-7-15)19(21)22-14-18(26)24-12-10-23(11-13-24)17-4-2-16(20)3-5-17;/h2-5,15H,6-14H2,1H3,(H2,21,22);1H. The first-order chi connectivity index (χ1) is 12.5. The summed E-state index contributed by atoms with van der Waals surface area (Å²) in [6.07, 6.45) is 2.27. The average molecular weight is 506 g/mol. The molecule has 0 unspecified atom stereocenters. The average Bonchev–Trinajstić information content (AvgIpc) is 2.67. The SMILES string of the molecule is CC1CCN(C(N)=NCC(=O)N2CCN(c3ccc(Cl)cc3)CC2)CC1.I. The molecule has 150 valence electrons. The monoisotopic (exact) mass is 505 g/mol. The van der Waals surface area contributed by atoms with Crippen LogP contribution < -0.4 is 10.6 Å². The van der Waals surface area contributed by atoms with E-state index in [9.17, 15) is 4.79 Å². The predicted octanol–water partition coefficient (Wildman–Crippen LogP) is 2.65. The molecule has 2 aliphatic rings. The molecular formula is C19H29ClIN5O. The lowest BCUT2D eigenvalue weighted by Gasteiger charge is -2.36. The third kappa shape index (κ3) is 6.14. The molecule has 0 spiro atoms. The fraction of sp³-hybridized carbons (Fsp3) is 0.579. The van der Waals surface area contributed by atoms with Gasteiger partial charge in [-0.2, -0.15) is 0 Å². The van der Waals surface area contributed by atoms with Gasteiger partial charge < -0.3 is 20.4 Å². The molecule has 2 saturated heterocycles. The number of halogens is 2. The quantitative estimate of drug-likeness (QED) is 0.390. The Morgan fingerprint density at radius 2 is 1.67 bits per heavy atom. The predicted molar refractivity (Wildman–Crippen MR) is 122 cm³/mol. The van der Waals surface area contributed by atoms with Gasteiger partial charge in [0.15, 0.2) is 5.96 Å². The van der Waals surface area contributed by atoms with E-state index in [1.54, 1.807) is 0 Å². The van der Waals surface area contributed by atoms with Gasteiger partial charge >= 0.3 is 0 Å². The maximum Gasteiger partial charge on any atom is 0.244 e. The number of guanidine groups is 1. The number of amides is 1. The van der Waals surface area contributed by atoms with Gasteiger partial charge in [0, 0.05) is 50.0 Å². The summed E-state index contributed by atoms with van der Waals surface area (Å²) in [5.74, 6) is 1.30. The van der Waals surface area contributed by atoms with Crippen molar-refractivity contribution in [2.75, 3.05) is 50.7 Å². The van der Waals surface area contributed by atoms with E-state index in [0.717, 1.165) is 55.6 Å². The highest BCUT2D eigenvalue weighted by molar-refractivity contribution is 14.0. The minimum atomic E-state index is 0. The molecular weight excluding hydrogens is 477 g/mol. The molecule has 2 heterocycles. The van der Waals surface area contributed by atoms with Crippen LogP contribution in [0.4, 0.5) is 5.69 Å². The van der Waals surface area contributed by atoms with Crippen LogP contribution >= 0.6 is 35.6 Å². The second-order valence-electron chi connectivity index (χ2n) is 7.19. The van der Waals surface area contributed by atoms with Gasteiger partial charge in [0.1, 0.15) is 6.54 Å². The van der Waals surface area contributed by atoms with Crippen molar-refractivity contribution in [3.63, 3.8) is 0 Å². The van der Waals surface area contributed by atoms with Crippen LogP contribution in [0.1, 0.15) is 19.8 Å². The molecule has 2 aliphatic heterocycles. The fourth-order valence-electron chi connectivity index (χ4n) is 3.45. The van der Waals surface area contributed by atoms with E-state index < -0.39 is 0 Å².